The van der Waals surface area contributed by atoms with Gasteiger partial charge in [0.25, 0.3) is 5.91 Å². The first kappa shape index (κ1) is 21.1. The number of hydrogen-bond donors (Lipinski definition) is 1. The summed E-state index contributed by atoms with van der Waals surface area (Å²) in [7, 11) is 0. The highest BCUT2D eigenvalue weighted by Gasteiger charge is 2.36. The number of likely N-dealkylation sites (tertiary alicyclic amines) is 1. The van der Waals surface area contributed by atoms with E-state index in [1.54, 1.807) is 4.90 Å². The van der Waals surface area contributed by atoms with Crippen LogP contribution in [0, 0.1) is 11.7 Å². The predicted octanol–water partition coefficient (Wildman–Crippen LogP) is 3.66. The minimum Gasteiger partial charge on any atom is -0.434 e. The molecule has 0 radical (unpaired) electrons. The lowest BCUT2D eigenvalue weighted by molar-refractivity contribution is -0.0504. The third-order valence-corrected chi connectivity index (χ3v) is 4.65. The Kier molecular flexibility index (Phi) is 7.10. The van der Waals surface area contributed by atoms with Crippen LogP contribution in [0.2, 0.25) is 0 Å². The minimum absolute atomic E-state index is 0. The van der Waals surface area contributed by atoms with Gasteiger partial charge in [-0.25, -0.2) is 4.39 Å². The maximum absolute atomic E-state index is 13.4. The van der Waals surface area contributed by atoms with Crippen LogP contribution in [0.1, 0.15) is 21.8 Å². The number of ether oxygens (including phenoxy) is 1. The van der Waals surface area contributed by atoms with Gasteiger partial charge in [-0.1, -0.05) is 30.3 Å². The van der Waals surface area contributed by atoms with Gasteiger partial charge in [-0.2, -0.15) is 8.78 Å². The van der Waals surface area contributed by atoms with Crippen LogP contribution < -0.4 is 10.5 Å². The van der Waals surface area contributed by atoms with Crippen LogP contribution >= 0.6 is 12.4 Å². The molecule has 27 heavy (non-hydrogen) atoms. The van der Waals surface area contributed by atoms with Gasteiger partial charge in [0.1, 0.15) is 11.6 Å². The monoisotopic (exact) mass is 400 g/mol. The lowest BCUT2D eigenvalue weighted by Gasteiger charge is -2.19. The van der Waals surface area contributed by atoms with Crippen molar-refractivity contribution in [1.29, 1.82) is 0 Å². The third kappa shape index (κ3) is 4.73. The van der Waals surface area contributed by atoms with Crippen LogP contribution in [-0.4, -0.2) is 37.1 Å². The fourth-order valence-corrected chi connectivity index (χ4v) is 3.39. The fourth-order valence-electron chi connectivity index (χ4n) is 3.39. The fraction of sp³-hybridized carbons (Fsp3) is 0.316. The summed E-state index contributed by atoms with van der Waals surface area (Å²) >= 11 is 0. The molecule has 146 valence electrons. The Morgan fingerprint density at radius 3 is 2.52 bits per heavy atom. The number of carbonyl (C=O) groups excluding carboxylic acids is 1. The molecule has 0 aromatic heterocycles. The number of hydrogen-bond acceptors (Lipinski definition) is 3. The second kappa shape index (κ2) is 9.10. The zero-order chi connectivity index (χ0) is 18.7. The van der Waals surface area contributed by atoms with Gasteiger partial charge in [0, 0.05) is 25.1 Å². The number of alkyl halides is 2. The normalized spacial score (nSPS) is 19.1. The lowest BCUT2D eigenvalue weighted by atomic mass is 9.89. The van der Waals surface area contributed by atoms with Crippen molar-refractivity contribution in [2.75, 3.05) is 19.6 Å². The van der Waals surface area contributed by atoms with Gasteiger partial charge >= 0.3 is 6.61 Å². The van der Waals surface area contributed by atoms with Crippen LogP contribution in [-0.2, 0) is 0 Å². The van der Waals surface area contributed by atoms with Crippen LogP contribution in [0.3, 0.4) is 0 Å². The van der Waals surface area contributed by atoms with Gasteiger partial charge in [0.2, 0.25) is 0 Å². The molecule has 0 aliphatic carbocycles. The molecule has 0 saturated carbocycles. The van der Waals surface area contributed by atoms with E-state index in [1.807, 2.05) is 30.3 Å². The minimum atomic E-state index is -3.14. The molecule has 8 heteroatoms. The molecule has 0 spiro atoms. The molecular weight excluding hydrogens is 381 g/mol. The van der Waals surface area contributed by atoms with Gasteiger partial charge in [-0.15, -0.1) is 12.4 Å². The molecule has 2 aromatic rings. The van der Waals surface area contributed by atoms with Crippen LogP contribution in [0.5, 0.6) is 5.75 Å². The van der Waals surface area contributed by atoms with E-state index in [0.717, 1.165) is 17.7 Å². The molecule has 2 atom stereocenters. The number of amides is 1. The molecule has 0 bridgehead atoms. The zero-order valence-corrected chi connectivity index (χ0v) is 15.2. The van der Waals surface area contributed by atoms with Crippen LogP contribution in [0.4, 0.5) is 13.2 Å². The Bertz CT molecular complexity index is 777. The standard InChI is InChI=1S/C19H19F3N2O2.ClH/c20-14-6-7-15(17(8-14)26-19(21)22)18(25)24-10-13(9-23)16(11-24)12-4-2-1-3-5-12;/h1-8,13,16,19H,9-11,23H2;1H/t13-,16+;/m1./s1. The van der Waals surface area contributed by atoms with Gasteiger partial charge in [0.05, 0.1) is 5.56 Å². The van der Waals surface area contributed by atoms with E-state index in [1.165, 1.54) is 6.07 Å². The Morgan fingerprint density at radius 1 is 1.19 bits per heavy atom. The Hall–Kier alpha value is -2.25. The number of nitrogens with zero attached hydrogens (tertiary/aromatic N) is 1. The van der Waals surface area contributed by atoms with E-state index in [0.29, 0.717) is 19.6 Å². The van der Waals surface area contributed by atoms with Gasteiger partial charge in [-0.05, 0) is 30.2 Å². The number of benzene rings is 2. The van der Waals surface area contributed by atoms with Crippen molar-refractivity contribution in [2.45, 2.75) is 12.5 Å². The highest BCUT2D eigenvalue weighted by atomic mass is 35.5. The first-order valence-corrected chi connectivity index (χ1v) is 8.28. The maximum atomic E-state index is 13.4. The predicted molar refractivity (Wildman–Crippen MR) is 97.9 cm³/mol. The zero-order valence-electron chi connectivity index (χ0n) is 14.4. The molecule has 0 unspecified atom stereocenters. The summed E-state index contributed by atoms with van der Waals surface area (Å²) in [5.41, 5.74) is 6.85. The molecule has 3 rings (SSSR count). The second-order valence-electron chi connectivity index (χ2n) is 6.24. The maximum Gasteiger partial charge on any atom is 0.387 e. The summed E-state index contributed by atoms with van der Waals surface area (Å²) < 4.78 is 42.9. The van der Waals surface area contributed by atoms with Crippen molar-refractivity contribution in [1.82, 2.24) is 4.90 Å². The molecule has 1 aliphatic rings. The molecular formula is C19H20ClF3N2O2. The van der Waals surface area contributed by atoms with Gasteiger partial charge < -0.3 is 15.4 Å². The Morgan fingerprint density at radius 2 is 1.89 bits per heavy atom. The topological polar surface area (TPSA) is 55.6 Å². The number of halogens is 4. The summed E-state index contributed by atoms with van der Waals surface area (Å²) in [5.74, 6) is -1.57. The summed E-state index contributed by atoms with van der Waals surface area (Å²) in [4.78, 5) is 14.4. The van der Waals surface area contributed by atoms with Crippen molar-refractivity contribution in [3.63, 3.8) is 0 Å². The third-order valence-electron chi connectivity index (χ3n) is 4.65. The van der Waals surface area contributed by atoms with Crippen molar-refractivity contribution in [3.05, 3.63) is 65.5 Å². The first-order chi connectivity index (χ1) is 12.5. The van der Waals surface area contributed by atoms with E-state index >= 15 is 0 Å². The molecule has 2 N–H and O–H groups in total. The van der Waals surface area contributed by atoms with E-state index in [4.69, 9.17) is 5.73 Å². The number of rotatable bonds is 5. The smallest absolute Gasteiger partial charge is 0.387 e. The molecule has 1 saturated heterocycles. The van der Waals surface area contributed by atoms with Crippen molar-refractivity contribution in [2.24, 2.45) is 11.7 Å². The van der Waals surface area contributed by atoms with E-state index in [9.17, 15) is 18.0 Å². The highest BCUT2D eigenvalue weighted by Crippen LogP contribution is 2.34. The lowest BCUT2D eigenvalue weighted by Crippen LogP contribution is -2.30. The first-order valence-electron chi connectivity index (χ1n) is 8.28. The molecule has 4 nitrogen and oxygen atoms in total. The molecule has 1 aliphatic heterocycles. The van der Waals surface area contributed by atoms with E-state index < -0.39 is 24.1 Å². The van der Waals surface area contributed by atoms with E-state index in [2.05, 4.69) is 4.74 Å². The molecule has 2 aromatic carbocycles. The SMILES string of the molecule is Cl.NC[C@@H]1CN(C(=O)c2ccc(F)cc2OC(F)F)C[C@H]1c1ccccc1. The average molecular weight is 401 g/mol. The summed E-state index contributed by atoms with van der Waals surface area (Å²) in [6, 6.07) is 12.7. The van der Waals surface area contributed by atoms with Crippen molar-refractivity contribution in [3.8, 4) is 5.75 Å². The summed E-state index contributed by atoms with van der Waals surface area (Å²) in [6.07, 6.45) is 0. The average Bonchev–Trinajstić information content (AvgIpc) is 3.06. The van der Waals surface area contributed by atoms with Crippen molar-refractivity contribution < 1.29 is 22.7 Å². The molecule has 1 fully saturated rings. The number of nitrogens with two attached hydrogens (primary N) is 1. The largest absolute Gasteiger partial charge is 0.434 e. The van der Waals surface area contributed by atoms with Gasteiger partial charge in [0.15, 0.2) is 0 Å². The van der Waals surface area contributed by atoms with Crippen molar-refractivity contribution >= 4 is 18.3 Å². The second-order valence-corrected chi connectivity index (χ2v) is 6.24. The Balaban J connectivity index is 0.00000261. The Labute approximate surface area is 161 Å². The van der Waals surface area contributed by atoms with Crippen LogP contribution in [0.15, 0.2) is 48.5 Å². The molecule has 1 amide bonds. The van der Waals surface area contributed by atoms with Crippen LogP contribution in [0.25, 0.3) is 0 Å². The summed E-state index contributed by atoms with van der Waals surface area (Å²) in [6.45, 7) is -1.93. The summed E-state index contributed by atoms with van der Waals surface area (Å²) in [5, 5.41) is 0. The van der Waals surface area contributed by atoms with Gasteiger partial charge in [-0.3, -0.25) is 4.79 Å². The highest BCUT2D eigenvalue weighted by molar-refractivity contribution is 5.97. The number of carbonyl (C=O) groups is 1. The molecule has 1 heterocycles. The quantitative estimate of drug-likeness (QED) is 0.833. The van der Waals surface area contributed by atoms with E-state index in [-0.39, 0.29) is 29.8 Å².